The number of hydrogen-bond acceptors (Lipinski definition) is 5. The smallest absolute Gasteiger partial charge is 0.320 e. The molecule has 0 aliphatic carbocycles. The van der Waals surface area contributed by atoms with Gasteiger partial charge in [0.2, 0.25) is 0 Å². The maximum Gasteiger partial charge on any atom is 0.320 e. The Kier molecular flexibility index (Phi) is 5.33. The van der Waals surface area contributed by atoms with E-state index in [1.807, 2.05) is 23.4 Å². The van der Waals surface area contributed by atoms with Crippen molar-refractivity contribution in [1.82, 2.24) is 19.8 Å². The maximum atomic E-state index is 13.1. The number of anilines is 1. The number of piperidine rings is 1. The third kappa shape index (κ3) is 3.62. The van der Waals surface area contributed by atoms with Gasteiger partial charge in [-0.15, -0.1) is 0 Å². The average molecular weight is 396 g/mol. The number of aryl methyl sites for hydroxylation is 1. The third-order valence-corrected chi connectivity index (χ3v) is 6.34. The second-order valence-electron chi connectivity index (χ2n) is 8.22. The van der Waals surface area contributed by atoms with Crippen LogP contribution in [0.2, 0.25) is 0 Å². The van der Waals surface area contributed by atoms with Crippen molar-refractivity contribution >= 4 is 22.8 Å². The summed E-state index contributed by atoms with van der Waals surface area (Å²) in [5.41, 5.74) is 3.03. The maximum absolute atomic E-state index is 13.1. The van der Waals surface area contributed by atoms with Crippen LogP contribution in [0, 0.1) is 30.1 Å². The van der Waals surface area contributed by atoms with E-state index in [4.69, 9.17) is 4.74 Å². The third-order valence-electron chi connectivity index (χ3n) is 6.34. The molecule has 2 N–H and O–H groups in total. The highest BCUT2D eigenvalue weighted by molar-refractivity contribution is 5.91. The number of aromatic nitrogens is 2. The van der Waals surface area contributed by atoms with E-state index in [2.05, 4.69) is 35.2 Å². The minimum atomic E-state index is -0.261. The SMILES string of the molecule is COC1CN(C(=O)N2CC[C@@H](C)[C@@H](Nc3c(C)cnc4[nH]ccc34)C2)CC1C#N. The number of carbonyl (C=O) groups excluding carboxylic acids is 1. The van der Waals surface area contributed by atoms with Crippen LogP contribution < -0.4 is 5.32 Å². The monoisotopic (exact) mass is 396 g/mol. The average Bonchev–Trinajstić information content (AvgIpc) is 3.37. The minimum absolute atomic E-state index is 0.00161. The quantitative estimate of drug-likeness (QED) is 0.831. The molecule has 0 saturated carbocycles. The zero-order valence-corrected chi connectivity index (χ0v) is 17.2. The summed E-state index contributed by atoms with van der Waals surface area (Å²) in [4.78, 5) is 24.4. The summed E-state index contributed by atoms with van der Waals surface area (Å²) < 4.78 is 5.39. The molecule has 2 unspecified atom stereocenters. The van der Waals surface area contributed by atoms with Crippen LogP contribution in [0.3, 0.4) is 0 Å². The van der Waals surface area contributed by atoms with E-state index in [0.717, 1.165) is 35.2 Å². The van der Waals surface area contributed by atoms with Gasteiger partial charge in [-0.1, -0.05) is 6.92 Å². The Balaban J connectivity index is 1.48. The summed E-state index contributed by atoms with van der Waals surface area (Å²) >= 11 is 0. The number of nitrogens with zero attached hydrogens (tertiary/aromatic N) is 4. The van der Waals surface area contributed by atoms with Crippen LogP contribution in [-0.2, 0) is 4.74 Å². The van der Waals surface area contributed by atoms with Crippen LogP contribution in [0.1, 0.15) is 18.9 Å². The predicted octanol–water partition coefficient (Wildman–Crippen LogP) is 2.58. The molecule has 8 nitrogen and oxygen atoms in total. The Hall–Kier alpha value is -2.79. The lowest BCUT2D eigenvalue weighted by atomic mass is 9.93. The number of aromatic amines is 1. The van der Waals surface area contributed by atoms with E-state index in [-0.39, 0.29) is 24.1 Å². The van der Waals surface area contributed by atoms with Gasteiger partial charge in [0, 0.05) is 62.8 Å². The molecular weight excluding hydrogens is 368 g/mol. The van der Waals surface area contributed by atoms with Gasteiger partial charge >= 0.3 is 6.03 Å². The first-order valence-corrected chi connectivity index (χ1v) is 10.2. The van der Waals surface area contributed by atoms with Crippen molar-refractivity contribution in [2.24, 2.45) is 11.8 Å². The highest BCUT2D eigenvalue weighted by atomic mass is 16.5. The molecule has 29 heavy (non-hydrogen) atoms. The fourth-order valence-corrected chi connectivity index (χ4v) is 4.41. The number of pyridine rings is 1. The molecule has 0 bridgehead atoms. The van der Waals surface area contributed by atoms with Gasteiger partial charge < -0.3 is 24.8 Å². The summed E-state index contributed by atoms with van der Waals surface area (Å²) in [6.45, 7) is 6.57. The molecule has 2 fully saturated rings. The van der Waals surface area contributed by atoms with E-state index >= 15 is 0 Å². The van der Waals surface area contributed by atoms with Crippen molar-refractivity contribution in [2.45, 2.75) is 32.4 Å². The highest BCUT2D eigenvalue weighted by Gasteiger charge is 2.39. The molecule has 2 aliphatic rings. The van der Waals surface area contributed by atoms with Crippen LogP contribution in [0.5, 0.6) is 0 Å². The molecule has 4 rings (SSSR count). The number of urea groups is 1. The zero-order valence-electron chi connectivity index (χ0n) is 17.2. The highest BCUT2D eigenvalue weighted by Crippen LogP contribution is 2.29. The number of hydrogen-bond donors (Lipinski definition) is 2. The fourth-order valence-electron chi connectivity index (χ4n) is 4.41. The molecule has 2 aromatic heterocycles. The molecule has 4 heterocycles. The first kappa shape index (κ1) is 19.5. The lowest BCUT2D eigenvalue weighted by Crippen LogP contribution is -2.52. The number of fused-ring (bicyclic) bond motifs is 1. The van der Waals surface area contributed by atoms with Crippen molar-refractivity contribution in [3.8, 4) is 6.07 Å². The number of carbonyl (C=O) groups is 1. The van der Waals surface area contributed by atoms with Gasteiger partial charge in [0.25, 0.3) is 0 Å². The van der Waals surface area contributed by atoms with Gasteiger partial charge in [-0.2, -0.15) is 5.26 Å². The first-order chi connectivity index (χ1) is 14.0. The van der Waals surface area contributed by atoms with Crippen molar-refractivity contribution in [3.63, 3.8) is 0 Å². The van der Waals surface area contributed by atoms with Gasteiger partial charge in [0.05, 0.1) is 18.1 Å². The Bertz CT molecular complexity index is 935. The molecule has 2 aliphatic heterocycles. The van der Waals surface area contributed by atoms with Crippen LogP contribution in [0.25, 0.3) is 11.0 Å². The number of nitriles is 1. The van der Waals surface area contributed by atoms with Gasteiger partial charge in [0.1, 0.15) is 5.65 Å². The molecule has 0 radical (unpaired) electrons. The number of H-pyrrole nitrogens is 1. The topological polar surface area (TPSA) is 97.3 Å². The number of likely N-dealkylation sites (tertiary alicyclic amines) is 2. The van der Waals surface area contributed by atoms with E-state index < -0.39 is 0 Å². The summed E-state index contributed by atoms with van der Waals surface area (Å²) in [6, 6.07) is 4.45. The number of rotatable bonds is 3. The van der Waals surface area contributed by atoms with E-state index in [0.29, 0.717) is 25.6 Å². The van der Waals surface area contributed by atoms with Crippen LogP contribution in [0.4, 0.5) is 10.5 Å². The standard InChI is InChI=1S/C21H28N6O2/c1-13-5-7-26(21(28)27-10-15(8-22)18(12-27)29-3)11-17(13)25-19-14(2)9-24-20-16(19)4-6-23-20/h4,6,9,13,15,17-18H,5,7,10-12H2,1-3H3,(H2,23,24,25)/t13-,15?,17+,18?/m1/s1. The van der Waals surface area contributed by atoms with Crippen molar-refractivity contribution < 1.29 is 9.53 Å². The van der Waals surface area contributed by atoms with Crippen molar-refractivity contribution in [1.29, 1.82) is 5.26 Å². The number of methoxy groups -OCH3 is 1. The first-order valence-electron chi connectivity index (χ1n) is 10.2. The van der Waals surface area contributed by atoms with E-state index in [9.17, 15) is 10.1 Å². The summed E-state index contributed by atoms with van der Waals surface area (Å²) in [5.74, 6) is 0.181. The van der Waals surface area contributed by atoms with Crippen LogP contribution >= 0.6 is 0 Å². The van der Waals surface area contributed by atoms with Crippen molar-refractivity contribution in [2.75, 3.05) is 38.6 Å². The normalized spacial score (nSPS) is 27.2. The zero-order chi connectivity index (χ0) is 20.5. The predicted molar refractivity (Wildman–Crippen MR) is 110 cm³/mol. The van der Waals surface area contributed by atoms with E-state index in [1.165, 1.54) is 0 Å². The molecule has 8 heteroatoms. The second kappa shape index (κ2) is 7.91. The lowest BCUT2D eigenvalue weighted by molar-refractivity contribution is 0.0895. The van der Waals surface area contributed by atoms with Gasteiger partial charge in [-0.05, 0) is 30.9 Å². The Morgan fingerprint density at radius 3 is 2.93 bits per heavy atom. The van der Waals surface area contributed by atoms with Gasteiger partial charge in [-0.3, -0.25) is 0 Å². The molecule has 0 aromatic carbocycles. The number of amides is 2. The number of ether oxygens (including phenoxy) is 1. The Labute approximate surface area is 170 Å². The molecular formula is C21H28N6O2. The molecule has 154 valence electrons. The van der Waals surface area contributed by atoms with Gasteiger partial charge in [-0.25, -0.2) is 9.78 Å². The Morgan fingerprint density at radius 1 is 1.38 bits per heavy atom. The molecule has 0 spiro atoms. The van der Waals surface area contributed by atoms with Crippen molar-refractivity contribution in [3.05, 3.63) is 24.0 Å². The van der Waals surface area contributed by atoms with E-state index in [1.54, 1.807) is 12.0 Å². The van der Waals surface area contributed by atoms with Crippen LogP contribution in [-0.4, -0.2) is 71.2 Å². The molecule has 2 amide bonds. The molecule has 2 saturated heterocycles. The minimum Gasteiger partial charge on any atom is -0.379 e. The second-order valence-corrected chi connectivity index (χ2v) is 8.22. The lowest BCUT2D eigenvalue weighted by Gasteiger charge is -2.39. The van der Waals surface area contributed by atoms with Crippen LogP contribution in [0.15, 0.2) is 18.5 Å². The Morgan fingerprint density at radius 2 is 2.21 bits per heavy atom. The van der Waals surface area contributed by atoms with Gasteiger partial charge in [0.15, 0.2) is 0 Å². The number of nitrogens with one attached hydrogen (secondary N) is 2. The molecule has 2 aromatic rings. The molecule has 4 atom stereocenters. The summed E-state index contributed by atoms with van der Waals surface area (Å²) in [6.07, 6.45) is 4.50. The largest absolute Gasteiger partial charge is 0.379 e. The fraction of sp³-hybridized carbons (Fsp3) is 0.571. The summed E-state index contributed by atoms with van der Waals surface area (Å²) in [5, 5.41) is 14.1. The summed E-state index contributed by atoms with van der Waals surface area (Å²) in [7, 11) is 1.60.